The zero-order chi connectivity index (χ0) is 26.5. The molecule has 0 N–H and O–H groups in total. The van der Waals surface area contributed by atoms with E-state index in [-0.39, 0.29) is 30.5 Å². The van der Waals surface area contributed by atoms with Crippen LogP contribution in [0, 0.1) is 11.7 Å². The van der Waals surface area contributed by atoms with Crippen LogP contribution >= 0.6 is 0 Å². The van der Waals surface area contributed by atoms with Crippen molar-refractivity contribution in [2.45, 2.75) is 33.1 Å². The highest BCUT2D eigenvalue weighted by Gasteiger charge is 2.37. The predicted octanol–water partition coefficient (Wildman–Crippen LogP) is 5.18. The maximum atomic E-state index is 15.2. The SMILES string of the molecule is CCCN(CCC)C(=O)C1CC(=O)N(c2ccc(Oc3ccnc4cc(OC)c(OC)cc34)c(F)c2)C1. The molecule has 37 heavy (non-hydrogen) atoms. The quantitative estimate of drug-likeness (QED) is 0.374. The molecule has 9 heteroatoms. The Hall–Kier alpha value is -3.88. The second kappa shape index (κ2) is 11.5. The third-order valence-corrected chi connectivity index (χ3v) is 6.43. The topological polar surface area (TPSA) is 81.2 Å². The van der Waals surface area contributed by atoms with Crippen LogP contribution in [0.2, 0.25) is 0 Å². The van der Waals surface area contributed by atoms with E-state index < -0.39 is 11.7 Å². The van der Waals surface area contributed by atoms with Gasteiger partial charge in [0.05, 0.1) is 25.7 Å². The average molecular weight is 510 g/mol. The first-order valence-corrected chi connectivity index (χ1v) is 12.5. The molecule has 0 bridgehead atoms. The van der Waals surface area contributed by atoms with Gasteiger partial charge in [-0.25, -0.2) is 4.39 Å². The third kappa shape index (κ3) is 5.45. The maximum absolute atomic E-state index is 15.2. The molecule has 196 valence electrons. The van der Waals surface area contributed by atoms with Crippen molar-refractivity contribution in [1.29, 1.82) is 0 Å². The summed E-state index contributed by atoms with van der Waals surface area (Å²) in [6.07, 6.45) is 3.40. The molecule has 2 amide bonds. The number of halogens is 1. The summed E-state index contributed by atoms with van der Waals surface area (Å²) < 4.78 is 31.8. The third-order valence-electron chi connectivity index (χ3n) is 6.43. The molecule has 2 aromatic carbocycles. The highest BCUT2D eigenvalue weighted by Crippen LogP contribution is 2.38. The lowest BCUT2D eigenvalue weighted by Crippen LogP contribution is -2.38. The summed E-state index contributed by atoms with van der Waals surface area (Å²) in [5.74, 6) is 0.155. The van der Waals surface area contributed by atoms with Crippen molar-refractivity contribution >= 4 is 28.4 Å². The van der Waals surface area contributed by atoms with Gasteiger partial charge in [0.25, 0.3) is 0 Å². The molecule has 8 nitrogen and oxygen atoms in total. The van der Waals surface area contributed by atoms with Gasteiger partial charge in [0, 0.05) is 55.5 Å². The van der Waals surface area contributed by atoms with Gasteiger partial charge in [-0.15, -0.1) is 0 Å². The van der Waals surface area contributed by atoms with Crippen LogP contribution in [0.5, 0.6) is 23.0 Å². The molecular formula is C28H32FN3O5. The first kappa shape index (κ1) is 26.2. The van der Waals surface area contributed by atoms with Crippen molar-refractivity contribution in [2.24, 2.45) is 5.92 Å². The van der Waals surface area contributed by atoms with Crippen molar-refractivity contribution in [3.63, 3.8) is 0 Å². The van der Waals surface area contributed by atoms with Crippen molar-refractivity contribution < 1.29 is 28.2 Å². The summed E-state index contributed by atoms with van der Waals surface area (Å²) in [6, 6.07) is 9.47. The zero-order valence-electron chi connectivity index (χ0n) is 21.6. The number of benzene rings is 2. The van der Waals surface area contributed by atoms with Crippen molar-refractivity contribution in [3.05, 3.63) is 48.4 Å². The predicted molar refractivity (Wildman–Crippen MR) is 139 cm³/mol. The fraction of sp³-hybridized carbons (Fsp3) is 0.393. The molecule has 0 radical (unpaired) electrons. The molecule has 1 aliphatic heterocycles. The summed E-state index contributed by atoms with van der Waals surface area (Å²) in [5, 5.41) is 0.628. The number of pyridine rings is 1. The standard InChI is InChI=1S/C28H32FN3O5/c1-5-11-31(12-6-2)28(34)18-13-27(33)32(17-18)19-7-8-24(21(29)14-19)37-23-9-10-30-22-16-26(36-4)25(35-3)15-20(22)23/h7-10,14-16,18H,5-6,11-13,17H2,1-4H3. The van der Waals surface area contributed by atoms with E-state index in [0.29, 0.717) is 46.9 Å². The molecule has 1 unspecified atom stereocenters. The van der Waals surface area contributed by atoms with E-state index in [9.17, 15) is 9.59 Å². The first-order chi connectivity index (χ1) is 17.9. The lowest BCUT2D eigenvalue weighted by atomic mass is 10.1. The number of fused-ring (bicyclic) bond motifs is 1. The molecule has 1 atom stereocenters. The van der Waals surface area contributed by atoms with E-state index >= 15 is 4.39 Å². The number of nitrogens with zero attached hydrogens (tertiary/aromatic N) is 3. The molecule has 1 aliphatic rings. The second-order valence-corrected chi connectivity index (χ2v) is 8.98. The van der Waals surface area contributed by atoms with Gasteiger partial charge in [0.2, 0.25) is 11.8 Å². The van der Waals surface area contributed by atoms with Crippen LogP contribution in [0.4, 0.5) is 10.1 Å². The Bertz CT molecular complexity index is 1290. The van der Waals surface area contributed by atoms with E-state index in [1.165, 1.54) is 31.3 Å². The molecule has 0 aliphatic carbocycles. The Morgan fingerprint density at radius 3 is 2.38 bits per heavy atom. The molecule has 4 rings (SSSR count). The number of carbonyl (C=O) groups is 2. The van der Waals surface area contributed by atoms with Gasteiger partial charge in [0.1, 0.15) is 5.75 Å². The largest absolute Gasteiger partial charge is 0.493 e. The van der Waals surface area contributed by atoms with Crippen LogP contribution in [0.3, 0.4) is 0 Å². The fourth-order valence-electron chi connectivity index (χ4n) is 4.65. The normalized spacial score (nSPS) is 15.2. The number of carbonyl (C=O) groups excluding carboxylic acids is 2. The summed E-state index contributed by atoms with van der Waals surface area (Å²) in [5.41, 5.74) is 0.999. The number of anilines is 1. The summed E-state index contributed by atoms with van der Waals surface area (Å²) in [7, 11) is 3.07. The van der Waals surface area contributed by atoms with Crippen molar-refractivity contribution in [3.8, 4) is 23.0 Å². The highest BCUT2D eigenvalue weighted by molar-refractivity contribution is 6.00. The molecule has 2 heterocycles. The highest BCUT2D eigenvalue weighted by atomic mass is 19.1. The average Bonchev–Trinajstić information content (AvgIpc) is 3.30. The Balaban J connectivity index is 1.54. The number of hydrogen-bond acceptors (Lipinski definition) is 6. The number of methoxy groups -OCH3 is 2. The maximum Gasteiger partial charge on any atom is 0.228 e. The summed E-state index contributed by atoms with van der Waals surface area (Å²) in [4.78, 5) is 33.4. The first-order valence-electron chi connectivity index (χ1n) is 12.5. The molecular weight excluding hydrogens is 477 g/mol. The van der Waals surface area contributed by atoms with Gasteiger partial charge in [-0.1, -0.05) is 13.8 Å². The minimum Gasteiger partial charge on any atom is -0.493 e. The molecule has 0 spiro atoms. The smallest absolute Gasteiger partial charge is 0.228 e. The van der Waals surface area contributed by atoms with Crippen LogP contribution in [0.15, 0.2) is 42.6 Å². The minimum atomic E-state index is -0.621. The van der Waals surface area contributed by atoms with Crippen LogP contribution in [0.1, 0.15) is 33.1 Å². The van der Waals surface area contributed by atoms with Crippen LogP contribution in [-0.4, -0.2) is 55.6 Å². The lowest BCUT2D eigenvalue weighted by Gasteiger charge is -2.25. The van der Waals surface area contributed by atoms with Gasteiger partial charge in [0.15, 0.2) is 23.1 Å². The van der Waals surface area contributed by atoms with Gasteiger partial charge < -0.3 is 24.0 Å². The molecule has 0 saturated carbocycles. The van der Waals surface area contributed by atoms with E-state index in [1.807, 2.05) is 18.7 Å². The van der Waals surface area contributed by atoms with Crippen LogP contribution in [-0.2, 0) is 9.59 Å². The van der Waals surface area contributed by atoms with E-state index in [2.05, 4.69) is 4.98 Å². The second-order valence-electron chi connectivity index (χ2n) is 8.98. The van der Waals surface area contributed by atoms with Crippen LogP contribution in [0.25, 0.3) is 10.9 Å². The van der Waals surface area contributed by atoms with E-state index in [4.69, 9.17) is 14.2 Å². The fourth-order valence-corrected chi connectivity index (χ4v) is 4.65. The number of ether oxygens (including phenoxy) is 3. The minimum absolute atomic E-state index is 0.00220. The van der Waals surface area contributed by atoms with Gasteiger partial charge in [-0.05, 0) is 37.1 Å². The van der Waals surface area contributed by atoms with Crippen molar-refractivity contribution in [2.75, 3.05) is 38.8 Å². The summed E-state index contributed by atoms with van der Waals surface area (Å²) >= 11 is 0. The summed E-state index contributed by atoms with van der Waals surface area (Å²) in [6.45, 7) is 5.62. The molecule has 1 saturated heterocycles. The Morgan fingerprint density at radius 1 is 1.03 bits per heavy atom. The van der Waals surface area contributed by atoms with Crippen LogP contribution < -0.4 is 19.1 Å². The number of hydrogen-bond donors (Lipinski definition) is 0. The number of rotatable bonds is 10. The number of aromatic nitrogens is 1. The van der Waals surface area contributed by atoms with Gasteiger partial charge in [-0.2, -0.15) is 0 Å². The molecule has 3 aromatic rings. The molecule has 1 fully saturated rings. The van der Waals surface area contributed by atoms with Gasteiger partial charge in [-0.3, -0.25) is 14.6 Å². The van der Waals surface area contributed by atoms with Crippen molar-refractivity contribution in [1.82, 2.24) is 9.88 Å². The Morgan fingerprint density at radius 2 is 1.73 bits per heavy atom. The Labute approximate surface area is 215 Å². The monoisotopic (exact) mass is 509 g/mol. The zero-order valence-corrected chi connectivity index (χ0v) is 21.6. The van der Waals surface area contributed by atoms with E-state index in [1.54, 1.807) is 30.5 Å². The van der Waals surface area contributed by atoms with Gasteiger partial charge >= 0.3 is 0 Å². The van der Waals surface area contributed by atoms with E-state index in [0.717, 1.165) is 12.8 Å². The lowest BCUT2D eigenvalue weighted by molar-refractivity contribution is -0.135. The number of amides is 2. The Kier molecular flexibility index (Phi) is 8.11. The molecule has 1 aromatic heterocycles.